The lowest BCUT2D eigenvalue weighted by Gasteiger charge is -2.40. The number of carbonyl (C=O) groups excluding carboxylic acids is 2. The molecule has 3 heterocycles. The molecule has 0 saturated carbocycles. The summed E-state index contributed by atoms with van der Waals surface area (Å²) in [5, 5.41) is 10.9. The molecule has 1 aromatic carbocycles. The minimum Gasteiger partial charge on any atom is -0.457 e. The van der Waals surface area contributed by atoms with E-state index in [1.807, 2.05) is 38.7 Å². The van der Waals surface area contributed by atoms with Crippen molar-refractivity contribution < 1.29 is 24.2 Å². The molecule has 2 saturated heterocycles. The smallest absolute Gasteiger partial charge is 0.410 e. The van der Waals surface area contributed by atoms with Crippen molar-refractivity contribution in [1.82, 2.24) is 9.80 Å². The zero-order chi connectivity index (χ0) is 22.4. The van der Waals surface area contributed by atoms with E-state index in [0.29, 0.717) is 18.7 Å². The van der Waals surface area contributed by atoms with Gasteiger partial charge in [0.1, 0.15) is 12.2 Å². The number of fused-ring (bicyclic) bond motifs is 1. The van der Waals surface area contributed by atoms with E-state index in [2.05, 4.69) is 4.90 Å². The van der Waals surface area contributed by atoms with Gasteiger partial charge in [0.25, 0.3) is 0 Å². The van der Waals surface area contributed by atoms with Gasteiger partial charge in [-0.25, -0.2) is 9.59 Å². The largest absolute Gasteiger partial charge is 0.457 e. The van der Waals surface area contributed by atoms with E-state index in [-0.39, 0.29) is 17.5 Å². The molecule has 1 aromatic rings. The highest BCUT2D eigenvalue weighted by atomic mass is 16.6. The number of esters is 1. The number of piperidine rings is 1. The number of rotatable bonds is 3. The third-order valence-corrected chi connectivity index (χ3v) is 7.00. The summed E-state index contributed by atoms with van der Waals surface area (Å²) < 4.78 is 10.7. The van der Waals surface area contributed by atoms with Gasteiger partial charge in [-0.3, -0.25) is 0 Å². The number of likely N-dealkylation sites (tertiary alicyclic amines) is 2. The predicted octanol–water partition coefficient (Wildman–Crippen LogP) is 3.42. The van der Waals surface area contributed by atoms with Gasteiger partial charge >= 0.3 is 12.1 Å². The molecule has 31 heavy (non-hydrogen) atoms. The number of carbonyl (C=O) groups is 2. The molecule has 0 aromatic heterocycles. The molecule has 1 N–H and O–H groups in total. The lowest BCUT2D eigenvalue weighted by atomic mass is 9.77. The molecule has 3 aliphatic heterocycles. The van der Waals surface area contributed by atoms with Crippen LogP contribution in [0.3, 0.4) is 0 Å². The normalized spacial score (nSPS) is 21.8. The lowest BCUT2D eigenvalue weighted by Crippen LogP contribution is -2.44. The number of benzene rings is 1. The monoisotopic (exact) mass is 430 g/mol. The standard InChI is InChI=1S/C24H34N2O5/c1-16-17(5-6-18-19(16)14-30-21(18)28)20(27)13-25-10-7-24(8-11-25)9-12-26(15-24)22(29)31-23(2,3)4/h5-6,20,27H,7-15H2,1-4H3. The molecule has 0 radical (unpaired) electrons. The van der Waals surface area contributed by atoms with Crippen molar-refractivity contribution >= 4 is 12.1 Å². The minimum atomic E-state index is -0.600. The molecular weight excluding hydrogens is 396 g/mol. The summed E-state index contributed by atoms with van der Waals surface area (Å²) in [6, 6.07) is 3.62. The predicted molar refractivity (Wildman–Crippen MR) is 116 cm³/mol. The molecule has 1 amide bonds. The molecule has 0 aliphatic carbocycles. The van der Waals surface area contributed by atoms with E-state index in [9.17, 15) is 14.7 Å². The molecule has 4 rings (SSSR count). The van der Waals surface area contributed by atoms with Crippen molar-refractivity contribution in [3.05, 3.63) is 34.4 Å². The molecule has 170 valence electrons. The van der Waals surface area contributed by atoms with Crippen LogP contribution in [0.5, 0.6) is 0 Å². The summed E-state index contributed by atoms with van der Waals surface area (Å²) >= 11 is 0. The van der Waals surface area contributed by atoms with Gasteiger partial charge in [-0.1, -0.05) is 6.07 Å². The zero-order valence-electron chi connectivity index (χ0n) is 19.1. The van der Waals surface area contributed by atoms with Crippen LogP contribution in [0.1, 0.15) is 73.2 Å². The van der Waals surface area contributed by atoms with Crippen LogP contribution < -0.4 is 0 Å². The van der Waals surface area contributed by atoms with Gasteiger partial charge < -0.3 is 24.4 Å². The SMILES string of the molecule is Cc1c(C(O)CN2CCC3(CC2)CCN(C(=O)OC(C)(C)C)C3)ccc2c1COC2=O. The van der Waals surface area contributed by atoms with Gasteiger partial charge in [-0.2, -0.15) is 0 Å². The second-order valence-electron chi connectivity index (χ2n) is 10.4. The quantitative estimate of drug-likeness (QED) is 0.741. The van der Waals surface area contributed by atoms with E-state index in [4.69, 9.17) is 9.47 Å². The Morgan fingerprint density at radius 1 is 1.23 bits per heavy atom. The molecule has 0 bridgehead atoms. The highest BCUT2D eigenvalue weighted by Crippen LogP contribution is 2.41. The third kappa shape index (κ3) is 4.58. The van der Waals surface area contributed by atoms with Gasteiger partial charge in [0.15, 0.2) is 0 Å². The highest BCUT2D eigenvalue weighted by molar-refractivity contribution is 5.93. The molecular formula is C24H34N2O5. The number of β-amino-alcohol motifs (C(OH)–C–C–N with tert-alkyl or cyclic N) is 1. The number of hydrogen-bond donors (Lipinski definition) is 1. The number of cyclic esters (lactones) is 1. The molecule has 7 heteroatoms. The van der Waals surface area contributed by atoms with Crippen LogP contribution in [-0.2, 0) is 16.1 Å². The molecule has 1 spiro atoms. The first-order valence-corrected chi connectivity index (χ1v) is 11.2. The van der Waals surface area contributed by atoms with E-state index in [1.54, 1.807) is 6.07 Å². The maximum absolute atomic E-state index is 12.4. The second-order valence-corrected chi connectivity index (χ2v) is 10.4. The van der Waals surface area contributed by atoms with Crippen LogP contribution in [0, 0.1) is 12.3 Å². The number of hydrogen-bond acceptors (Lipinski definition) is 6. The van der Waals surface area contributed by atoms with Crippen molar-refractivity contribution in [2.75, 3.05) is 32.7 Å². The molecule has 1 atom stereocenters. The van der Waals surface area contributed by atoms with Crippen LogP contribution in [-0.4, -0.2) is 65.3 Å². The van der Waals surface area contributed by atoms with Gasteiger partial charge in [0, 0.05) is 25.2 Å². The highest BCUT2D eigenvalue weighted by Gasteiger charge is 2.43. The topological polar surface area (TPSA) is 79.3 Å². The summed E-state index contributed by atoms with van der Waals surface area (Å²) in [6.07, 6.45) is 2.24. The van der Waals surface area contributed by atoms with Gasteiger partial charge in [0.05, 0.1) is 11.7 Å². The number of aliphatic hydroxyl groups is 1. The third-order valence-electron chi connectivity index (χ3n) is 7.00. The van der Waals surface area contributed by atoms with Crippen molar-refractivity contribution in [3.8, 4) is 0 Å². The molecule has 3 aliphatic rings. The van der Waals surface area contributed by atoms with E-state index in [1.165, 1.54) is 0 Å². The first-order chi connectivity index (χ1) is 14.6. The van der Waals surface area contributed by atoms with Crippen LogP contribution in [0.25, 0.3) is 0 Å². The fourth-order valence-electron chi connectivity index (χ4n) is 5.11. The molecule has 7 nitrogen and oxygen atoms in total. The fraction of sp³-hybridized carbons (Fsp3) is 0.667. The number of amides is 1. The average molecular weight is 431 g/mol. The summed E-state index contributed by atoms with van der Waals surface area (Å²) in [6.45, 7) is 11.8. The van der Waals surface area contributed by atoms with Gasteiger partial charge in [-0.15, -0.1) is 0 Å². The Hall–Kier alpha value is -2.12. The number of aliphatic hydroxyl groups excluding tert-OH is 1. The summed E-state index contributed by atoms with van der Waals surface area (Å²) in [4.78, 5) is 28.3. The minimum absolute atomic E-state index is 0.166. The Balaban J connectivity index is 1.32. The first-order valence-electron chi connectivity index (χ1n) is 11.2. The van der Waals surface area contributed by atoms with E-state index >= 15 is 0 Å². The van der Waals surface area contributed by atoms with Crippen LogP contribution in [0.4, 0.5) is 4.79 Å². The maximum Gasteiger partial charge on any atom is 0.410 e. The summed E-state index contributed by atoms with van der Waals surface area (Å²) in [5.74, 6) is -0.280. The fourth-order valence-corrected chi connectivity index (χ4v) is 5.11. The van der Waals surface area contributed by atoms with Crippen molar-refractivity contribution in [3.63, 3.8) is 0 Å². The first kappa shape index (κ1) is 22.1. The van der Waals surface area contributed by atoms with Crippen LogP contribution >= 0.6 is 0 Å². The van der Waals surface area contributed by atoms with Gasteiger partial charge in [0.2, 0.25) is 0 Å². The van der Waals surface area contributed by atoms with Crippen molar-refractivity contribution in [1.29, 1.82) is 0 Å². The average Bonchev–Trinajstić information content (AvgIpc) is 3.28. The van der Waals surface area contributed by atoms with Crippen LogP contribution in [0.15, 0.2) is 12.1 Å². The van der Waals surface area contributed by atoms with Gasteiger partial charge in [-0.05, 0) is 82.7 Å². The summed E-state index contributed by atoms with van der Waals surface area (Å²) in [5.41, 5.74) is 3.03. The molecule has 2 fully saturated rings. The Morgan fingerprint density at radius 2 is 1.90 bits per heavy atom. The summed E-state index contributed by atoms with van der Waals surface area (Å²) in [7, 11) is 0. The zero-order valence-corrected chi connectivity index (χ0v) is 19.1. The number of ether oxygens (including phenoxy) is 2. The molecule has 1 unspecified atom stereocenters. The van der Waals surface area contributed by atoms with Crippen LogP contribution in [0.2, 0.25) is 0 Å². The van der Waals surface area contributed by atoms with Crippen molar-refractivity contribution in [2.45, 2.75) is 65.3 Å². The Bertz CT molecular complexity index is 867. The Labute approximate surface area is 184 Å². The Kier molecular flexibility index (Phi) is 5.77. The van der Waals surface area contributed by atoms with Crippen molar-refractivity contribution in [2.24, 2.45) is 5.41 Å². The number of nitrogens with zero attached hydrogens (tertiary/aromatic N) is 2. The van der Waals surface area contributed by atoms with E-state index in [0.717, 1.165) is 62.1 Å². The Morgan fingerprint density at radius 3 is 2.58 bits per heavy atom. The maximum atomic E-state index is 12.4. The second kappa shape index (κ2) is 8.10. The van der Waals surface area contributed by atoms with E-state index < -0.39 is 11.7 Å². The lowest BCUT2D eigenvalue weighted by molar-refractivity contribution is 0.0230.